The first kappa shape index (κ1) is 65.1. The summed E-state index contributed by atoms with van der Waals surface area (Å²) >= 11 is 0. The SMILES string of the molecule is CC/C=C\C/C=C\C/C=C\CCCCCCCCCC(=O)OC(COC(=O)CCCCCCCCCCCCCCCCCCCCCCCCC)COP(=O)(O)OC1C(O)C(O)C(O)C(O)C1O. The fraction of sp³-hybridized carbons (Fsp3) is 0.855. The van der Waals surface area contributed by atoms with E-state index in [-0.39, 0.29) is 12.8 Å². The minimum Gasteiger partial charge on any atom is -0.462 e. The van der Waals surface area contributed by atoms with Crippen molar-refractivity contribution in [1.82, 2.24) is 0 Å². The standard InChI is InChI=1S/C55H101O13P/c1-3-5-7-9-11-13-15-17-19-21-22-23-24-25-26-28-29-31-33-35-37-39-41-43-48(56)65-45-47(46-66-69(63,64)68-55-53(61)51(59)50(58)52(60)54(55)62)67-49(57)44-42-40-38-36-34-32-30-27-20-18-16-14-12-10-8-6-4-2/h6,8,12,14,18,20,47,50-55,58-62H,3-5,7,9-11,13,15-17,19,21-46H2,1-2H3,(H,63,64)/b8-6-,14-12-,20-18-. The molecule has 0 aliphatic heterocycles. The molecular weight excluding hydrogens is 900 g/mol. The summed E-state index contributed by atoms with van der Waals surface area (Å²) in [6.45, 7) is 3.23. The summed E-state index contributed by atoms with van der Waals surface area (Å²) in [6.07, 6.45) is 40.5. The van der Waals surface area contributed by atoms with Gasteiger partial charge in [-0.15, -0.1) is 0 Å². The van der Waals surface area contributed by atoms with Gasteiger partial charge in [0.15, 0.2) is 6.10 Å². The Balaban J connectivity index is 2.33. The zero-order valence-electron chi connectivity index (χ0n) is 43.4. The van der Waals surface area contributed by atoms with Gasteiger partial charge < -0.3 is 39.9 Å². The molecule has 6 unspecified atom stereocenters. The van der Waals surface area contributed by atoms with Crippen molar-refractivity contribution in [3.8, 4) is 0 Å². The highest BCUT2D eigenvalue weighted by molar-refractivity contribution is 7.47. The van der Waals surface area contributed by atoms with Gasteiger partial charge in [0.1, 0.15) is 43.2 Å². The lowest BCUT2D eigenvalue weighted by atomic mass is 9.85. The summed E-state index contributed by atoms with van der Waals surface area (Å²) in [5.41, 5.74) is 0. The maximum absolute atomic E-state index is 12.9. The molecule has 0 saturated heterocycles. The van der Waals surface area contributed by atoms with Crippen LogP contribution in [-0.4, -0.2) is 98.3 Å². The van der Waals surface area contributed by atoms with Crippen LogP contribution in [0, 0.1) is 0 Å². The number of unbranched alkanes of at least 4 members (excludes halogenated alkanes) is 29. The third-order valence-corrected chi connectivity index (χ3v) is 14.0. The maximum atomic E-state index is 12.9. The normalized spacial score (nSPS) is 21.1. The number of aliphatic hydroxyl groups excluding tert-OH is 5. The van der Waals surface area contributed by atoms with Gasteiger partial charge >= 0.3 is 19.8 Å². The number of hydrogen-bond acceptors (Lipinski definition) is 12. The fourth-order valence-corrected chi connectivity index (χ4v) is 9.57. The molecule has 0 aromatic carbocycles. The minimum absolute atomic E-state index is 0.0872. The van der Waals surface area contributed by atoms with Crippen molar-refractivity contribution in [2.24, 2.45) is 0 Å². The third kappa shape index (κ3) is 36.6. The van der Waals surface area contributed by atoms with E-state index in [9.17, 15) is 44.6 Å². The Kier molecular flexibility index (Phi) is 42.2. The largest absolute Gasteiger partial charge is 0.472 e. The molecule has 1 saturated carbocycles. The van der Waals surface area contributed by atoms with Crippen LogP contribution in [0.2, 0.25) is 0 Å². The second-order valence-corrected chi connectivity index (χ2v) is 20.8. The van der Waals surface area contributed by atoms with E-state index in [1.54, 1.807) is 0 Å². The van der Waals surface area contributed by atoms with E-state index in [4.69, 9.17) is 18.5 Å². The molecule has 0 spiro atoms. The molecule has 0 heterocycles. The monoisotopic (exact) mass is 1000 g/mol. The molecule has 0 amide bonds. The zero-order valence-corrected chi connectivity index (χ0v) is 44.3. The predicted octanol–water partition coefficient (Wildman–Crippen LogP) is 12.5. The molecule has 0 radical (unpaired) electrons. The minimum atomic E-state index is -5.13. The number of rotatable bonds is 47. The number of phosphoric acid groups is 1. The van der Waals surface area contributed by atoms with Gasteiger partial charge in [0.25, 0.3) is 0 Å². The molecule has 6 N–H and O–H groups in total. The topological polar surface area (TPSA) is 210 Å². The van der Waals surface area contributed by atoms with Gasteiger partial charge in [-0.2, -0.15) is 0 Å². The van der Waals surface area contributed by atoms with Crippen molar-refractivity contribution >= 4 is 19.8 Å². The number of ether oxygens (including phenoxy) is 2. The van der Waals surface area contributed by atoms with Gasteiger partial charge in [-0.3, -0.25) is 18.6 Å². The molecule has 0 aromatic heterocycles. The van der Waals surface area contributed by atoms with Crippen molar-refractivity contribution in [3.05, 3.63) is 36.5 Å². The number of aliphatic hydroxyl groups is 5. The molecule has 69 heavy (non-hydrogen) atoms. The Morgan fingerprint density at radius 1 is 0.464 bits per heavy atom. The molecule has 1 aliphatic rings. The van der Waals surface area contributed by atoms with Gasteiger partial charge in [-0.1, -0.05) is 224 Å². The Morgan fingerprint density at radius 3 is 1.26 bits per heavy atom. The van der Waals surface area contributed by atoms with Crippen molar-refractivity contribution in [3.63, 3.8) is 0 Å². The lowest BCUT2D eigenvalue weighted by Gasteiger charge is -2.41. The smallest absolute Gasteiger partial charge is 0.462 e. The first-order valence-corrected chi connectivity index (χ1v) is 29.3. The van der Waals surface area contributed by atoms with Crippen molar-refractivity contribution in [1.29, 1.82) is 0 Å². The van der Waals surface area contributed by atoms with Gasteiger partial charge in [-0.25, -0.2) is 4.57 Å². The Hall–Kier alpha value is -1.93. The molecule has 404 valence electrons. The summed E-state index contributed by atoms with van der Waals surface area (Å²) < 4.78 is 33.7. The first-order chi connectivity index (χ1) is 33.4. The highest BCUT2D eigenvalue weighted by atomic mass is 31.2. The fourth-order valence-electron chi connectivity index (χ4n) is 8.60. The highest BCUT2D eigenvalue weighted by Crippen LogP contribution is 2.47. The van der Waals surface area contributed by atoms with Crippen LogP contribution in [0.5, 0.6) is 0 Å². The van der Waals surface area contributed by atoms with Crippen molar-refractivity contribution < 1.29 is 63.1 Å². The highest BCUT2D eigenvalue weighted by Gasteiger charge is 2.51. The summed E-state index contributed by atoms with van der Waals surface area (Å²) in [5, 5.41) is 50.3. The molecule has 13 nitrogen and oxygen atoms in total. The summed E-state index contributed by atoms with van der Waals surface area (Å²) in [5.74, 6) is -1.10. The van der Waals surface area contributed by atoms with Crippen LogP contribution in [0.4, 0.5) is 0 Å². The Labute approximate surface area is 418 Å². The van der Waals surface area contributed by atoms with Crippen LogP contribution in [0.15, 0.2) is 36.5 Å². The molecular formula is C55H101O13P. The van der Waals surface area contributed by atoms with E-state index >= 15 is 0 Å². The lowest BCUT2D eigenvalue weighted by Crippen LogP contribution is -2.64. The number of allylic oxidation sites excluding steroid dienone is 6. The average molecular weight is 1000 g/mol. The quantitative estimate of drug-likeness (QED) is 0.0145. The van der Waals surface area contributed by atoms with Gasteiger partial charge in [0, 0.05) is 12.8 Å². The predicted molar refractivity (Wildman–Crippen MR) is 277 cm³/mol. The van der Waals surface area contributed by atoms with Gasteiger partial charge in [0.2, 0.25) is 0 Å². The number of phosphoric ester groups is 1. The summed E-state index contributed by atoms with van der Waals surface area (Å²) in [6, 6.07) is 0. The number of carbonyl (C=O) groups is 2. The van der Waals surface area contributed by atoms with E-state index < -0.39 is 75.7 Å². The third-order valence-electron chi connectivity index (χ3n) is 13.0. The van der Waals surface area contributed by atoms with Crippen LogP contribution >= 0.6 is 7.82 Å². The lowest BCUT2D eigenvalue weighted by molar-refractivity contribution is -0.220. The maximum Gasteiger partial charge on any atom is 0.472 e. The molecule has 1 aliphatic carbocycles. The molecule has 6 atom stereocenters. The Morgan fingerprint density at radius 2 is 0.826 bits per heavy atom. The van der Waals surface area contributed by atoms with Crippen molar-refractivity contribution in [2.45, 2.75) is 288 Å². The van der Waals surface area contributed by atoms with Crippen LogP contribution in [0.3, 0.4) is 0 Å². The van der Waals surface area contributed by atoms with E-state index in [2.05, 4.69) is 50.3 Å². The molecule has 0 aromatic rings. The zero-order chi connectivity index (χ0) is 50.6. The van der Waals surface area contributed by atoms with E-state index in [1.807, 2.05) is 0 Å². The molecule has 0 bridgehead atoms. The second kappa shape index (κ2) is 44.7. The van der Waals surface area contributed by atoms with Crippen molar-refractivity contribution in [2.75, 3.05) is 13.2 Å². The van der Waals surface area contributed by atoms with E-state index in [0.717, 1.165) is 83.5 Å². The summed E-state index contributed by atoms with van der Waals surface area (Å²) in [4.78, 5) is 35.9. The van der Waals surface area contributed by atoms with Gasteiger partial charge in [-0.05, 0) is 44.9 Å². The number of carbonyl (C=O) groups excluding carboxylic acids is 2. The molecule has 1 fully saturated rings. The van der Waals surface area contributed by atoms with Crippen LogP contribution in [0.1, 0.15) is 245 Å². The molecule has 14 heteroatoms. The summed E-state index contributed by atoms with van der Waals surface area (Å²) in [7, 11) is -5.13. The van der Waals surface area contributed by atoms with Crippen LogP contribution in [-0.2, 0) is 32.7 Å². The second-order valence-electron chi connectivity index (χ2n) is 19.4. The van der Waals surface area contributed by atoms with E-state index in [0.29, 0.717) is 12.8 Å². The first-order valence-electron chi connectivity index (χ1n) is 27.8. The number of esters is 2. The van der Waals surface area contributed by atoms with Crippen LogP contribution < -0.4 is 0 Å². The van der Waals surface area contributed by atoms with Crippen LogP contribution in [0.25, 0.3) is 0 Å². The number of hydrogen-bond donors (Lipinski definition) is 6. The molecule has 1 rings (SSSR count). The Bertz CT molecular complexity index is 1340. The average Bonchev–Trinajstić information content (AvgIpc) is 3.33. The van der Waals surface area contributed by atoms with E-state index in [1.165, 1.54) is 122 Å². The van der Waals surface area contributed by atoms with Gasteiger partial charge in [0.05, 0.1) is 6.61 Å².